The van der Waals surface area contributed by atoms with Crippen LogP contribution in [0.3, 0.4) is 0 Å². The van der Waals surface area contributed by atoms with Crippen molar-refractivity contribution in [3.8, 4) is 17.6 Å². The third-order valence-corrected chi connectivity index (χ3v) is 3.02. The zero-order valence-electron chi connectivity index (χ0n) is 11.8. The molecule has 0 N–H and O–H groups in total. The van der Waals surface area contributed by atoms with Gasteiger partial charge in [0.25, 0.3) is 5.91 Å². The molecule has 0 radical (unpaired) electrons. The highest BCUT2D eigenvalue weighted by atomic mass is 16.5. The van der Waals surface area contributed by atoms with Crippen molar-refractivity contribution in [2.24, 2.45) is 0 Å². The molecular weight excluding hydrogens is 264 g/mol. The summed E-state index contributed by atoms with van der Waals surface area (Å²) in [7, 11) is 0. The number of benzene rings is 2. The summed E-state index contributed by atoms with van der Waals surface area (Å²) in [5.41, 5.74) is 0.457. The summed E-state index contributed by atoms with van der Waals surface area (Å²) >= 11 is 0. The van der Waals surface area contributed by atoms with Crippen LogP contribution in [0.5, 0.6) is 11.5 Å². The first kappa shape index (κ1) is 14.6. The van der Waals surface area contributed by atoms with E-state index in [2.05, 4.69) is 0 Å². The summed E-state index contributed by atoms with van der Waals surface area (Å²) in [6.07, 6.45) is 0. The van der Waals surface area contributed by atoms with Gasteiger partial charge in [-0.1, -0.05) is 30.3 Å². The predicted octanol–water partition coefficient (Wildman–Crippen LogP) is 3.46. The quantitative estimate of drug-likeness (QED) is 0.788. The SMILES string of the molecule is CCN(CC#N)C(=O)c1ccccc1Oc1ccccc1. The average Bonchev–Trinajstić information content (AvgIpc) is 2.53. The van der Waals surface area contributed by atoms with E-state index >= 15 is 0 Å². The zero-order valence-corrected chi connectivity index (χ0v) is 11.8. The van der Waals surface area contributed by atoms with E-state index in [0.29, 0.717) is 23.6 Å². The van der Waals surface area contributed by atoms with Gasteiger partial charge in [-0.25, -0.2) is 0 Å². The summed E-state index contributed by atoms with van der Waals surface area (Å²) in [6.45, 7) is 2.39. The van der Waals surface area contributed by atoms with E-state index in [1.54, 1.807) is 18.2 Å². The smallest absolute Gasteiger partial charge is 0.258 e. The number of carbonyl (C=O) groups is 1. The lowest BCUT2D eigenvalue weighted by Gasteiger charge is -2.19. The Labute approximate surface area is 124 Å². The van der Waals surface area contributed by atoms with Gasteiger partial charge >= 0.3 is 0 Å². The van der Waals surface area contributed by atoms with Crippen LogP contribution >= 0.6 is 0 Å². The minimum absolute atomic E-state index is 0.0645. The van der Waals surface area contributed by atoms with Gasteiger partial charge in [0.15, 0.2) is 0 Å². The van der Waals surface area contributed by atoms with Crippen molar-refractivity contribution in [1.29, 1.82) is 5.26 Å². The first-order valence-corrected chi connectivity index (χ1v) is 6.74. The molecule has 4 nitrogen and oxygen atoms in total. The zero-order chi connectivity index (χ0) is 15.1. The molecule has 106 valence electrons. The van der Waals surface area contributed by atoms with Crippen molar-refractivity contribution in [3.05, 3.63) is 60.2 Å². The second-order valence-corrected chi connectivity index (χ2v) is 4.39. The molecule has 0 aliphatic rings. The number of rotatable bonds is 5. The van der Waals surface area contributed by atoms with Crippen LogP contribution in [0.25, 0.3) is 0 Å². The van der Waals surface area contributed by atoms with E-state index in [0.717, 1.165) is 0 Å². The summed E-state index contributed by atoms with van der Waals surface area (Å²) in [6, 6.07) is 18.4. The molecule has 0 saturated carbocycles. The molecule has 0 heterocycles. The van der Waals surface area contributed by atoms with Gasteiger partial charge in [-0.15, -0.1) is 0 Å². The molecule has 0 bridgehead atoms. The highest BCUT2D eigenvalue weighted by Gasteiger charge is 2.18. The molecule has 1 amide bonds. The minimum Gasteiger partial charge on any atom is -0.457 e. The summed E-state index contributed by atoms with van der Waals surface area (Å²) in [4.78, 5) is 14.0. The van der Waals surface area contributed by atoms with Gasteiger partial charge in [-0.3, -0.25) is 4.79 Å². The van der Waals surface area contributed by atoms with Gasteiger partial charge in [0.05, 0.1) is 11.6 Å². The second-order valence-electron chi connectivity index (χ2n) is 4.39. The lowest BCUT2D eigenvalue weighted by atomic mass is 10.1. The maximum atomic E-state index is 12.5. The van der Waals surface area contributed by atoms with Crippen LogP contribution in [0.1, 0.15) is 17.3 Å². The number of carbonyl (C=O) groups excluding carboxylic acids is 1. The maximum Gasteiger partial charge on any atom is 0.258 e. The fourth-order valence-corrected chi connectivity index (χ4v) is 1.93. The Kier molecular flexibility index (Phi) is 4.94. The summed E-state index contributed by atoms with van der Waals surface area (Å²) in [5.74, 6) is 0.955. The molecule has 0 spiro atoms. The molecule has 0 unspecified atom stereocenters. The third kappa shape index (κ3) is 3.61. The highest BCUT2D eigenvalue weighted by molar-refractivity contribution is 5.97. The summed E-state index contributed by atoms with van der Waals surface area (Å²) < 4.78 is 5.77. The van der Waals surface area contributed by atoms with E-state index in [1.165, 1.54) is 4.90 Å². The van der Waals surface area contributed by atoms with Gasteiger partial charge in [0.1, 0.15) is 18.0 Å². The summed E-state index contributed by atoms with van der Waals surface area (Å²) in [5, 5.41) is 8.79. The van der Waals surface area contributed by atoms with Crippen LogP contribution < -0.4 is 4.74 Å². The van der Waals surface area contributed by atoms with Crippen LogP contribution in [-0.4, -0.2) is 23.9 Å². The average molecular weight is 280 g/mol. The third-order valence-electron chi connectivity index (χ3n) is 3.02. The number of para-hydroxylation sites is 2. The van der Waals surface area contributed by atoms with Crippen molar-refractivity contribution < 1.29 is 9.53 Å². The molecule has 21 heavy (non-hydrogen) atoms. The molecule has 4 heteroatoms. The van der Waals surface area contributed by atoms with Gasteiger partial charge < -0.3 is 9.64 Å². The van der Waals surface area contributed by atoms with E-state index in [1.807, 2.05) is 49.4 Å². The van der Waals surface area contributed by atoms with Crippen molar-refractivity contribution in [3.63, 3.8) is 0 Å². The normalized spacial score (nSPS) is 9.71. The molecule has 0 aliphatic heterocycles. The van der Waals surface area contributed by atoms with Crippen LogP contribution in [0, 0.1) is 11.3 Å². The largest absolute Gasteiger partial charge is 0.457 e. The molecule has 0 aromatic heterocycles. The standard InChI is InChI=1S/C17H16N2O2/c1-2-19(13-12-18)17(20)15-10-6-7-11-16(15)21-14-8-4-3-5-9-14/h3-11H,2,13H2,1H3. The Morgan fingerprint density at radius 2 is 1.81 bits per heavy atom. The molecule has 2 aromatic carbocycles. The van der Waals surface area contributed by atoms with Gasteiger partial charge in [0, 0.05) is 6.54 Å². The number of hydrogen-bond donors (Lipinski definition) is 0. The number of nitriles is 1. The van der Waals surface area contributed by atoms with Crippen molar-refractivity contribution in [2.75, 3.05) is 13.1 Å². The van der Waals surface area contributed by atoms with E-state index in [-0.39, 0.29) is 12.5 Å². The molecule has 2 aromatic rings. The van der Waals surface area contributed by atoms with Crippen molar-refractivity contribution >= 4 is 5.91 Å². The Bertz CT molecular complexity index is 647. The molecule has 0 fully saturated rings. The van der Waals surface area contributed by atoms with Gasteiger partial charge in [-0.2, -0.15) is 5.26 Å². The Hall–Kier alpha value is -2.80. The van der Waals surface area contributed by atoms with Crippen LogP contribution in [-0.2, 0) is 0 Å². The first-order valence-electron chi connectivity index (χ1n) is 6.74. The lowest BCUT2D eigenvalue weighted by Crippen LogP contribution is -2.31. The monoisotopic (exact) mass is 280 g/mol. The van der Waals surface area contributed by atoms with E-state index < -0.39 is 0 Å². The van der Waals surface area contributed by atoms with Crippen molar-refractivity contribution in [2.45, 2.75) is 6.92 Å². The molecular formula is C17H16N2O2. The lowest BCUT2D eigenvalue weighted by molar-refractivity contribution is 0.0781. The Morgan fingerprint density at radius 1 is 1.14 bits per heavy atom. The second kappa shape index (κ2) is 7.11. The fraction of sp³-hybridized carbons (Fsp3) is 0.176. The Morgan fingerprint density at radius 3 is 2.48 bits per heavy atom. The molecule has 2 rings (SSSR count). The van der Waals surface area contributed by atoms with Crippen LogP contribution in [0.15, 0.2) is 54.6 Å². The van der Waals surface area contributed by atoms with E-state index in [9.17, 15) is 4.79 Å². The van der Waals surface area contributed by atoms with Gasteiger partial charge in [0.2, 0.25) is 0 Å². The topological polar surface area (TPSA) is 53.3 Å². The highest BCUT2D eigenvalue weighted by Crippen LogP contribution is 2.26. The van der Waals surface area contributed by atoms with Crippen LogP contribution in [0.4, 0.5) is 0 Å². The fourth-order valence-electron chi connectivity index (χ4n) is 1.93. The number of hydrogen-bond acceptors (Lipinski definition) is 3. The first-order chi connectivity index (χ1) is 10.3. The number of nitrogens with zero attached hydrogens (tertiary/aromatic N) is 2. The number of amides is 1. The van der Waals surface area contributed by atoms with Gasteiger partial charge in [-0.05, 0) is 31.2 Å². The number of ether oxygens (including phenoxy) is 1. The predicted molar refractivity (Wildman–Crippen MR) is 80.1 cm³/mol. The Balaban J connectivity index is 2.28. The van der Waals surface area contributed by atoms with Crippen molar-refractivity contribution in [1.82, 2.24) is 4.90 Å². The van der Waals surface area contributed by atoms with Crippen LogP contribution in [0.2, 0.25) is 0 Å². The maximum absolute atomic E-state index is 12.5. The minimum atomic E-state index is -0.203. The molecule has 0 aliphatic carbocycles. The molecule has 0 atom stereocenters. The molecule has 0 saturated heterocycles. The van der Waals surface area contributed by atoms with E-state index in [4.69, 9.17) is 10.00 Å².